The maximum atomic E-state index is 11.9. The Morgan fingerprint density at radius 1 is 1.47 bits per heavy atom. The molecule has 1 aromatic carbocycles. The number of phenolic OH excluding ortho intramolecular Hbond substituents is 1. The van der Waals surface area contributed by atoms with Crippen LogP contribution in [0.3, 0.4) is 0 Å². The van der Waals surface area contributed by atoms with Crippen molar-refractivity contribution in [2.45, 2.75) is 26.1 Å². The van der Waals surface area contributed by atoms with Gasteiger partial charge >= 0.3 is 6.18 Å². The highest BCUT2D eigenvalue weighted by atomic mass is 19.4. The minimum atomic E-state index is -4.49. The zero-order chi connectivity index (χ0) is 14.6. The summed E-state index contributed by atoms with van der Waals surface area (Å²) in [5.74, 6) is -0.924. The molecule has 4 nitrogen and oxygen atoms in total. The lowest BCUT2D eigenvalue weighted by atomic mass is 10.2. The van der Waals surface area contributed by atoms with Crippen LogP contribution in [-0.4, -0.2) is 29.9 Å². The van der Waals surface area contributed by atoms with Gasteiger partial charge in [-0.15, -0.1) is 0 Å². The second kappa shape index (κ2) is 5.92. The van der Waals surface area contributed by atoms with Crippen molar-refractivity contribution in [3.8, 4) is 5.75 Å². The molecule has 0 saturated heterocycles. The molecule has 106 valence electrons. The smallest absolute Gasteiger partial charge is 0.411 e. The Balaban J connectivity index is 2.61. The minimum Gasteiger partial charge on any atom is -0.506 e. The number of ether oxygens (including phenoxy) is 1. The summed E-state index contributed by atoms with van der Waals surface area (Å²) in [6.45, 7) is 1.45. The van der Waals surface area contributed by atoms with E-state index in [1.807, 2.05) is 0 Å². The molecule has 1 aromatic rings. The third-order valence-electron chi connectivity index (χ3n) is 2.28. The molecule has 0 aliphatic heterocycles. The highest BCUT2D eigenvalue weighted by Crippen LogP contribution is 2.24. The van der Waals surface area contributed by atoms with Crippen LogP contribution in [0.25, 0.3) is 0 Å². The average Bonchev–Trinajstić information content (AvgIpc) is 2.29. The summed E-state index contributed by atoms with van der Waals surface area (Å²) in [6, 6.07) is 4.52. The van der Waals surface area contributed by atoms with Crippen LogP contribution in [0.15, 0.2) is 18.2 Å². The Labute approximate surface area is 108 Å². The zero-order valence-electron chi connectivity index (χ0n) is 10.4. The van der Waals surface area contributed by atoms with Crippen LogP contribution in [0.4, 0.5) is 18.9 Å². The second-order valence-corrected chi connectivity index (χ2v) is 4.08. The molecule has 7 heteroatoms. The van der Waals surface area contributed by atoms with E-state index in [0.29, 0.717) is 0 Å². The van der Waals surface area contributed by atoms with Crippen LogP contribution < -0.4 is 5.32 Å². The first kappa shape index (κ1) is 15.3. The van der Waals surface area contributed by atoms with Gasteiger partial charge in [-0.3, -0.25) is 4.79 Å². The fraction of sp³-hybridized carbons (Fsp3) is 0.417. The highest BCUT2D eigenvalue weighted by molar-refractivity contribution is 5.95. The maximum Gasteiger partial charge on any atom is 0.411 e. The maximum absolute atomic E-state index is 11.9. The quantitative estimate of drug-likeness (QED) is 0.832. The van der Waals surface area contributed by atoms with Gasteiger partial charge in [0.25, 0.3) is 5.91 Å². The molecule has 0 saturated carbocycles. The van der Waals surface area contributed by atoms with Crippen LogP contribution in [0.5, 0.6) is 5.75 Å². The molecule has 1 rings (SSSR count). The number of aromatic hydroxyl groups is 1. The molecular formula is C12H14F3NO3. The monoisotopic (exact) mass is 277 g/mol. The number of alkyl halides is 3. The predicted molar refractivity (Wildman–Crippen MR) is 62.9 cm³/mol. The molecule has 1 amide bonds. The summed E-state index contributed by atoms with van der Waals surface area (Å²) in [7, 11) is 0. The lowest BCUT2D eigenvalue weighted by molar-refractivity contribution is -0.184. The molecule has 0 radical (unpaired) electrons. The molecule has 0 fully saturated rings. The molecule has 0 bridgehead atoms. The normalized spacial score (nSPS) is 13.1. The van der Waals surface area contributed by atoms with Crippen molar-refractivity contribution >= 4 is 11.6 Å². The van der Waals surface area contributed by atoms with E-state index in [2.05, 4.69) is 10.1 Å². The largest absolute Gasteiger partial charge is 0.506 e. The number of hydrogen-bond donors (Lipinski definition) is 2. The van der Waals surface area contributed by atoms with Gasteiger partial charge in [0.2, 0.25) is 0 Å². The predicted octanol–water partition coefficient (Wildman–Crippen LogP) is 2.61. The Hall–Kier alpha value is -1.76. The van der Waals surface area contributed by atoms with Crippen molar-refractivity contribution in [3.05, 3.63) is 23.8 Å². The van der Waals surface area contributed by atoms with Gasteiger partial charge in [-0.1, -0.05) is 6.07 Å². The molecule has 1 atom stereocenters. The number of phenols is 1. The van der Waals surface area contributed by atoms with E-state index in [9.17, 15) is 23.1 Å². The van der Waals surface area contributed by atoms with Gasteiger partial charge in [-0.05, 0) is 31.5 Å². The Bertz CT molecular complexity index is 460. The summed E-state index contributed by atoms with van der Waals surface area (Å²) in [6.07, 6.45) is -5.76. The van der Waals surface area contributed by atoms with E-state index in [1.165, 1.54) is 19.1 Å². The van der Waals surface area contributed by atoms with Crippen molar-refractivity contribution in [1.82, 2.24) is 0 Å². The van der Waals surface area contributed by atoms with E-state index in [1.54, 1.807) is 13.0 Å². The van der Waals surface area contributed by atoms with E-state index in [-0.39, 0.29) is 11.4 Å². The SMILES string of the molecule is Cc1ccc(O)c(NC(=O)[C@H](C)OCC(F)(F)F)c1. The van der Waals surface area contributed by atoms with E-state index >= 15 is 0 Å². The Morgan fingerprint density at radius 3 is 2.68 bits per heavy atom. The van der Waals surface area contributed by atoms with Gasteiger partial charge in [0.1, 0.15) is 18.5 Å². The van der Waals surface area contributed by atoms with Crippen molar-refractivity contribution in [1.29, 1.82) is 0 Å². The topological polar surface area (TPSA) is 58.6 Å². The van der Waals surface area contributed by atoms with Crippen molar-refractivity contribution in [2.24, 2.45) is 0 Å². The Morgan fingerprint density at radius 2 is 2.11 bits per heavy atom. The van der Waals surface area contributed by atoms with Gasteiger partial charge in [0.05, 0.1) is 5.69 Å². The average molecular weight is 277 g/mol. The van der Waals surface area contributed by atoms with Crippen molar-refractivity contribution in [2.75, 3.05) is 11.9 Å². The number of benzene rings is 1. The molecule has 0 spiro atoms. The molecule has 0 aromatic heterocycles. The molecule has 2 N–H and O–H groups in total. The number of halogens is 3. The van der Waals surface area contributed by atoms with E-state index in [4.69, 9.17) is 0 Å². The van der Waals surface area contributed by atoms with Gasteiger partial charge < -0.3 is 15.2 Å². The third-order valence-corrected chi connectivity index (χ3v) is 2.28. The summed E-state index contributed by atoms with van der Waals surface area (Å²) in [5, 5.41) is 11.8. The lowest BCUT2D eigenvalue weighted by Gasteiger charge is -2.15. The number of aryl methyl sites for hydroxylation is 1. The number of amides is 1. The summed E-state index contributed by atoms with van der Waals surface area (Å²) >= 11 is 0. The number of rotatable bonds is 4. The van der Waals surface area contributed by atoms with E-state index < -0.39 is 24.8 Å². The third kappa shape index (κ3) is 5.17. The van der Waals surface area contributed by atoms with Gasteiger partial charge in [0, 0.05) is 0 Å². The van der Waals surface area contributed by atoms with Gasteiger partial charge in [-0.25, -0.2) is 0 Å². The van der Waals surface area contributed by atoms with Crippen LogP contribution in [0, 0.1) is 6.92 Å². The van der Waals surface area contributed by atoms with Crippen LogP contribution in [-0.2, 0) is 9.53 Å². The van der Waals surface area contributed by atoms with E-state index in [0.717, 1.165) is 5.56 Å². The number of carbonyl (C=O) groups is 1. The summed E-state index contributed by atoms with van der Waals surface area (Å²) < 4.78 is 40.2. The molecular weight excluding hydrogens is 263 g/mol. The highest BCUT2D eigenvalue weighted by Gasteiger charge is 2.30. The second-order valence-electron chi connectivity index (χ2n) is 4.08. The number of hydrogen-bond acceptors (Lipinski definition) is 3. The Kier molecular flexibility index (Phi) is 4.77. The molecule has 0 unspecified atom stereocenters. The first-order valence-electron chi connectivity index (χ1n) is 5.48. The zero-order valence-corrected chi connectivity index (χ0v) is 10.4. The van der Waals surface area contributed by atoms with Gasteiger partial charge in [0.15, 0.2) is 0 Å². The fourth-order valence-electron chi connectivity index (χ4n) is 1.28. The first-order valence-corrected chi connectivity index (χ1v) is 5.48. The van der Waals surface area contributed by atoms with Crippen molar-refractivity contribution < 1.29 is 27.8 Å². The van der Waals surface area contributed by atoms with Crippen LogP contribution in [0.2, 0.25) is 0 Å². The van der Waals surface area contributed by atoms with Crippen LogP contribution in [0.1, 0.15) is 12.5 Å². The van der Waals surface area contributed by atoms with Crippen LogP contribution >= 0.6 is 0 Å². The lowest BCUT2D eigenvalue weighted by Crippen LogP contribution is -2.31. The van der Waals surface area contributed by atoms with Crippen molar-refractivity contribution in [3.63, 3.8) is 0 Å². The summed E-state index contributed by atoms with van der Waals surface area (Å²) in [4.78, 5) is 11.6. The summed E-state index contributed by atoms with van der Waals surface area (Å²) in [5.41, 5.74) is 0.921. The number of anilines is 1. The number of carbonyl (C=O) groups excluding carboxylic acids is 1. The molecule has 0 aliphatic rings. The first-order chi connectivity index (χ1) is 8.69. The molecule has 0 aliphatic carbocycles. The molecule has 19 heavy (non-hydrogen) atoms. The van der Waals surface area contributed by atoms with Gasteiger partial charge in [-0.2, -0.15) is 13.2 Å². The minimum absolute atomic E-state index is 0.132. The fourth-order valence-corrected chi connectivity index (χ4v) is 1.28. The molecule has 0 heterocycles. The standard InChI is InChI=1S/C12H14F3NO3/c1-7-3-4-10(17)9(5-7)16-11(18)8(2)19-6-12(13,14)15/h3-5,8,17H,6H2,1-2H3,(H,16,18)/t8-/m0/s1. The number of nitrogens with one attached hydrogen (secondary N) is 1.